The summed E-state index contributed by atoms with van der Waals surface area (Å²) in [5.41, 5.74) is 3.56. The van der Waals surface area contributed by atoms with Crippen LogP contribution >= 0.6 is 11.6 Å². The van der Waals surface area contributed by atoms with Gasteiger partial charge in [-0.25, -0.2) is 5.43 Å². The maximum atomic E-state index is 12.1. The summed E-state index contributed by atoms with van der Waals surface area (Å²) in [5.74, 6) is 1.42. The largest absolute Gasteiger partial charge is 0.496 e. The molecule has 0 saturated heterocycles. The Morgan fingerprint density at radius 2 is 1.85 bits per heavy atom. The van der Waals surface area contributed by atoms with Crippen molar-refractivity contribution in [3.05, 3.63) is 52.5 Å². The first-order valence-corrected chi connectivity index (χ1v) is 8.44. The number of hydrogen-bond donors (Lipinski definition) is 1. The molecule has 2 aromatic rings. The van der Waals surface area contributed by atoms with E-state index >= 15 is 0 Å². The molecule has 7 heteroatoms. The third-order valence-corrected chi connectivity index (χ3v) is 3.76. The molecule has 0 fully saturated rings. The van der Waals surface area contributed by atoms with Crippen LogP contribution in [0, 0.1) is 0 Å². The van der Waals surface area contributed by atoms with Crippen molar-refractivity contribution in [3.8, 4) is 17.2 Å². The summed E-state index contributed by atoms with van der Waals surface area (Å²) in [4.78, 5) is 12.1. The highest BCUT2D eigenvalue weighted by Crippen LogP contribution is 2.31. The smallest absolute Gasteiger partial charge is 0.271 e. The molecule has 0 aromatic heterocycles. The Morgan fingerprint density at radius 1 is 1.15 bits per heavy atom. The summed E-state index contributed by atoms with van der Waals surface area (Å²) in [5, 5.41) is 4.38. The number of ether oxygens (including phenoxy) is 3. The fraction of sp³-hybridized carbons (Fsp3) is 0.263. The Hall–Kier alpha value is -2.73. The van der Waals surface area contributed by atoms with E-state index in [0.29, 0.717) is 34.3 Å². The van der Waals surface area contributed by atoms with Gasteiger partial charge in [0.1, 0.15) is 17.2 Å². The Kier molecular flexibility index (Phi) is 7.29. The highest BCUT2D eigenvalue weighted by Gasteiger charge is 2.09. The van der Waals surface area contributed by atoms with Crippen LogP contribution in [0.4, 0.5) is 0 Å². The van der Waals surface area contributed by atoms with Gasteiger partial charge in [-0.2, -0.15) is 5.10 Å². The quantitative estimate of drug-likeness (QED) is 0.560. The summed E-state index contributed by atoms with van der Waals surface area (Å²) in [6.07, 6.45) is 2.39. The standard InChI is InChI=1S/C19H21ClN2O4/c1-4-9-26-15-7-5-13(6-8-15)19(23)22-21-12-14-10-16(20)18(25-3)11-17(14)24-2/h5-8,10-12H,4,9H2,1-3H3,(H,22,23)/b21-12-. The number of rotatable bonds is 8. The van der Waals surface area contributed by atoms with Gasteiger partial charge >= 0.3 is 0 Å². The Labute approximate surface area is 157 Å². The van der Waals surface area contributed by atoms with Crippen LogP contribution in [0.1, 0.15) is 29.3 Å². The molecule has 0 aliphatic carbocycles. The van der Waals surface area contributed by atoms with E-state index in [1.807, 2.05) is 6.92 Å². The fourth-order valence-corrected chi connectivity index (χ4v) is 2.38. The van der Waals surface area contributed by atoms with E-state index < -0.39 is 0 Å². The van der Waals surface area contributed by atoms with Crippen molar-refractivity contribution in [1.82, 2.24) is 5.43 Å². The molecule has 0 aliphatic heterocycles. The Balaban J connectivity index is 2.03. The van der Waals surface area contributed by atoms with Gasteiger partial charge in [-0.05, 0) is 36.8 Å². The van der Waals surface area contributed by atoms with Crippen molar-refractivity contribution in [2.24, 2.45) is 5.10 Å². The van der Waals surface area contributed by atoms with Gasteiger partial charge in [0.25, 0.3) is 5.91 Å². The average molecular weight is 377 g/mol. The monoisotopic (exact) mass is 376 g/mol. The van der Waals surface area contributed by atoms with Gasteiger partial charge in [0.2, 0.25) is 0 Å². The van der Waals surface area contributed by atoms with Crippen molar-refractivity contribution in [1.29, 1.82) is 0 Å². The maximum Gasteiger partial charge on any atom is 0.271 e. The van der Waals surface area contributed by atoms with Crippen molar-refractivity contribution < 1.29 is 19.0 Å². The summed E-state index contributed by atoms with van der Waals surface area (Å²) in [6, 6.07) is 10.2. The summed E-state index contributed by atoms with van der Waals surface area (Å²) < 4.78 is 15.9. The first kappa shape index (κ1) is 19.6. The van der Waals surface area contributed by atoms with Gasteiger partial charge < -0.3 is 14.2 Å². The van der Waals surface area contributed by atoms with E-state index in [4.69, 9.17) is 25.8 Å². The highest BCUT2D eigenvalue weighted by molar-refractivity contribution is 6.32. The number of hydrogen-bond acceptors (Lipinski definition) is 5. The van der Waals surface area contributed by atoms with Gasteiger partial charge in [0.05, 0.1) is 32.1 Å². The van der Waals surface area contributed by atoms with Gasteiger partial charge in [0.15, 0.2) is 0 Å². The van der Waals surface area contributed by atoms with E-state index in [1.54, 1.807) is 36.4 Å². The number of methoxy groups -OCH3 is 2. The Morgan fingerprint density at radius 3 is 2.46 bits per heavy atom. The second-order valence-corrected chi connectivity index (χ2v) is 5.71. The number of benzene rings is 2. The molecular weight excluding hydrogens is 356 g/mol. The van der Waals surface area contributed by atoms with Crippen LogP contribution in [-0.4, -0.2) is 32.9 Å². The van der Waals surface area contributed by atoms with Crippen LogP contribution < -0.4 is 19.6 Å². The zero-order valence-electron chi connectivity index (χ0n) is 14.9. The molecule has 2 rings (SSSR count). The zero-order valence-corrected chi connectivity index (χ0v) is 15.7. The molecule has 0 spiro atoms. The second-order valence-electron chi connectivity index (χ2n) is 5.30. The molecule has 6 nitrogen and oxygen atoms in total. The molecule has 2 aromatic carbocycles. The van der Waals surface area contributed by atoms with E-state index in [-0.39, 0.29) is 5.91 Å². The van der Waals surface area contributed by atoms with E-state index in [1.165, 1.54) is 20.4 Å². The van der Waals surface area contributed by atoms with Gasteiger partial charge in [0, 0.05) is 17.2 Å². The SMILES string of the molecule is CCCOc1ccc(C(=O)N/N=C\c2cc(Cl)c(OC)cc2OC)cc1. The molecule has 26 heavy (non-hydrogen) atoms. The lowest BCUT2D eigenvalue weighted by Gasteiger charge is -2.09. The normalized spacial score (nSPS) is 10.6. The highest BCUT2D eigenvalue weighted by atomic mass is 35.5. The third-order valence-electron chi connectivity index (χ3n) is 3.46. The van der Waals surface area contributed by atoms with E-state index in [9.17, 15) is 4.79 Å². The topological polar surface area (TPSA) is 69.2 Å². The van der Waals surface area contributed by atoms with Crippen LogP contribution in [0.2, 0.25) is 5.02 Å². The zero-order chi connectivity index (χ0) is 18.9. The minimum atomic E-state index is -0.332. The number of carbonyl (C=O) groups excluding carboxylic acids is 1. The summed E-state index contributed by atoms with van der Waals surface area (Å²) >= 11 is 6.11. The van der Waals surface area contributed by atoms with Crippen LogP contribution in [0.3, 0.4) is 0 Å². The number of carbonyl (C=O) groups is 1. The Bertz CT molecular complexity index is 776. The number of nitrogens with zero attached hydrogens (tertiary/aromatic N) is 1. The molecule has 0 heterocycles. The number of nitrogens with one attached hydrogen (secondary N) is 1. The first-order valence-electron chi connectivity index (χ1n) is 8.06. The molecule has 0 unspecified atom stereocenters. The minimum absolute atomic E-state index is 0.332. The second kappa shape index (κ2) is 9.68. The first-order chi connectivity index (χ1) is 12.6. The average Bonchev–Trinajstić information content (AvgIpc) is 2.66. The van der Waals surface area contributed by atoms with E-state index in [2.05, 4.69) is 10.5 Å². The lowest BCUT2D eigenvalue weighted by atomic mass is 10.2. The number of halogens is 1. The lowest BCUT2D eigenvalue weighted by molar-refractivity contribution is 0.0955. The summed E-state index contributed by atoms with van der Waals surface area (Å²) in [7, 11) is 3.05. The molecule has 1 N–H and O–H groups in total. The van der Waals surface area contributed by atoms with Crippen LogP contribution in [0.5, 0.6) is 17.2 Å². The predicted octanol–water partition coefficient (Wildman–Crippen LogP) is 3.91. The number of amides is 1. The molecule has 0 saturated carbocycles. The van der Waals surface area contributed by atoms with Crippen LogP contribution in [0.15, 0.2) is 41.5 Å². The maximum absolute atomic E-state index is 12.1. The molecule has 0 atom stereocenters. The molecular formula is C19H21ClN2O4. The molecule has 0 aliphatic rings. The minimum Gasteiger partial charge on any atom is -0.496 e. The number of hydrazone groups is 1. The third kappa shape index (κ3) is 5.13. The van der Waals surface area contributed by atoms with Gasteiger partial charge in [-0.1, -0.05) is 18.5 Å². The predicted molar refractivity (Wildman–Crippen MR) is 102 cm³/mol. The molecule has 0 radical (unpaired) electrons. The van der Waals surface area contributed by atoms with Gasteiger partial charge in [-0.3, -0.25) is 4.79 Å². The van der Waals surface area contributed by atoms with Crippen molar-refractivity contribution in [2.75, 3.05) is 20.8 Å². The molecule has 1 amide bonds. The molecule has 138 valence electrons. The van der Waals surface area contributed by atoms with Crippen molar-refractivity contribution in [2.45, 2.75) is 13.3 Å². The van der Waals surface area contributed by atoms with Crippen LogP contribution in [-0.2, 0) is 0 Å². The van der Waals surface area contributed by atoms with Gasteiger partial charge in [-0.15, -0.1) is 0 Å². The lowest BCUT2D eigenvalue weighted by Crippen LogP contribution is -2.17. The van der Waals surface area contributed by atoms with Crippen molar-refractivity contribution >= 4 is 23.7 Å². The van der Waals surface area contributed by atoms with Crippen molar-refractivity contribution in [3.63, 3.8) is 0 Å². The summed E-state index contributed by atoms with van der Waals surface area (Å²) in [6.45, 7) is 2.67. The fourth-order valence-electron chi connectivity index (χ4n) is 2.13. The molecule has 0 bridgehead atoms. The van der Waals surface area contributed by atoms with Crippen LogP contribution in [0.25, 0.3) is 0 Å². The van der Waals surface area contributed by atoms with E-state index in [0.717, 1.165) is 12.2 Å².